The van der Waals surface area contributed by atoms with Crippen molar-refractivity contribution >= 4 is 11.7 Å². The van der Waals surface area contributed by atoms with Crippen LogP contribution in [0.3, 0.4) is 0 Å². The summed E-state index contributed by atoms with van der Waals surface area (Å²) in [7, 11) is 0. The number of hydrogen-bond donors (Lipinski definition) is 2. The normalized spacial score (nSPS) is 27.8. The first kappa shape index (κ1) is 12.2. The molecule has 0 aromatic carbocycles. The van der Waals surface area contributed by atoms with Crippen molar-refractivity contribution in [2.75, 3.05) is 0 Å². The third kappa shape index (κ3) is 3.05. The van der Waals surface area contributed by atoms with Gasteiger partial charge in [0.1, 0.15) is 0 Å². The average Bonchev–Trinajstić information content (AvgIpc) is 2.27. The number of nitrogens with one attached hydrogen (secondary N) is 1. The smallest absolute Gasteiger partial charge is 0.310 e. The second-order valence-electron chi connectivity index (χ2n) is 5.17. The highest BCUT2D eigenvalue weighted by molar-refractivity contribution is 5.88. The van der Waals surface area contributed by atoms with Gasteiger partial charge in [-0.1, -0.05) is 20.3 Å². The molecule has 86 valence electrons. The minimum absolute atomic E-state index is 0.381. The lowest BCUT2D eigenvalue weighted by Gasteiger charge is -2.29. The highest BCUT2D eigenvalue weighted by Crippen LogP contribution is 2.39. The molecule has 3 heteroatoms. The van der Waals surface area contributed by atoms with E-state index in [2.05, 4.69) is 13.8 Å². The first-order valence-electron chi connectivity index (χ1n) is 5.76. The lowest BCUT2D eigenvalue weighted by Crippen LogP contribution is -2.33. The molecule has 0 heterocycles. The Morgan fingerprint density at radius 2 is 2.20 bits per heavy atom. The molecule has 0 aromatic rings. The summed E-state index contributed by atoms with van der Waals surface area (Å²) in [6.45, 7) is 4.11. The Kier molecular flexibility index (Phi) is 3.89. The molecular weight excluding hydrogens is 190 g/mol. The van der Waals surface area contributed by atoms with E-state index >= 15 is 0 Å². The molecule has 0 spiro atoms. The predicted octanol–water partition coefficient (Wildman–Crippen LogP) is 3.09. The zero-order chi connectivity index (χ0) is 11.5. The summed E-state index contributed by atoms with van der Waals surface area (Å²) in [5, 5.41) is 17.1. The quantitative estimate of drug-likeness (QED) is 0.705. The summed E-state index contributed by atoms with van der Waals surface area (Å²) >= 11 is 0. The summed E-state index contributed by atoms with van der Waals surface area (Å²) < 4.78 is 0. The molecule has 1 aliphatic rings. The van der Waals surface area contributed by atoms with E-state index in [0.717, 1.165) is 25.7 Å². The van der Waals surface area contributed by atoms with Gasteiger partial charge in [-0.25, -0.2) is 0 Å². The van der Waals surface area contributed by atoms with Crippen LogP contribution in [0.25, 0.3) is 0 Å². The number of carboxylic acid groups (broad SMARTS) is 1. The van der Waals surface area contributed by atoms with Crippen molar-refractivity contribution in [1.29, 1.82) is 5.41 Å². The maximum atomic E-state index is 11.4. The summed E-state index contributed by atoms with van der Waals surface area (Å²) in [6, 6.07) is 0. The number of aliphatic carboxylic acids is 1. The van der Waals surface area contributed by atoms with Crippen molar-refractivity contribution in [3.8, 4) is 0 Å². The second-order valence-corrected chi connectivity index (χ2v) is 5.17. The molecule has 0 saturated heterocycles. The molecule has 0 amide bonds. The Bertz CT molecular complexity index is 260. The summed E-state index contributed by atoms with van der Waals surface area (Å²) in [4.78, 5) is 11.4. The highest BCUT2D eigenvalue weighted by atomic mass is 16.4. The van der Waals surface area contributed by atoms with Crippen LogP contribution in [0.1, 0.15) is 52.4 Å². The molecule has 1 unspecified atom stereocenters. The lowest BCUT2D eigenvalue weighted by molar-refractivity contribution is -0.150. The van der Waals surface area contributed by atoms with E-state index < -0.39 is 11.4 Å². The summed E-state index contributed by atoms with van der Waals surface area (Å²) in [6.07, 6.45) is 4.61. The fraction of sp³-hybridized carbons (Fsp3) is 0.833. The Labute approximate surface area is 91.4 Å². The van der Waals surface area contributed by atoms with Crippen molar-refractivity contribution in [3.63, 3.8) is 0 Å². The van der Waals surface area contributed by atoms with E-state index in [-0.39, 0.29) is 0 Å². The van der Waals surface area contributed by atoms with Gasteiger partial charge in [0.2, 0.25) is 0 Å². The third-order valence-electron chi connectivity index (χ3n) is 3.19. The van der Waals surface area contributed by atoms with Gasteiger partial charge < -0.3 is 10.5 Å². The fourth-order valence-corrected chi connectivity index (χ4v) is 2.61. The maximum absolute atomic E-state index is 11.4. The van der Waals surface area contributed by atoms with Crippen molar-refractivity contribution in [2.24, 2.45) is 11.3 Å². The van der Waals surface area contributed by atoms with Crippen LogP contribution in [-0.4, -0.2) is 16.8 Å². The molecule has 0 aliphatic heterocycles. The molecule has 3 nitrogen and oxygen atoms in total. The SMILES string of the molecule is CC(C)CC1(C(=O)O)CCCCC(=N)C1. The van der Waals surface area contributed by atoms with Crippen LogP contribution in [-0.2, 0) is 4.79 Å². The minimum atomic E-state index is -0.706. The number of rotatable bonds is 3. The van der Waals surface area contributed by atoms with Gasteiger partial charge in [0.25, 0.3) is 0 Å². The zero-order valence-electron chi connectivity index (χ0n) is 9.68. The van der Waals surface area contributed by atoms with Crippen LogP contribution in [0.4, 0.5) is 0 Å². The minimum Gasteiger partial charge on any atom is -0.481 e. The Morgan fingerprint density at radius 3 is 2.73 bits per heavy atom. The van der Waals surface area contributed by atoms with Gasteiger partial charge in [0.05, 0.1) is 5.41 Å². The molecule has 15 heavy (non-hydrogen) atoms. The molecular formula is C12H21NO2. The number of carbonyl (C=O) groups is 1. The Balaban J connectivity index is 2.86. The molecule has 1 aliphatic carbocycles. The van der Waals surface area contributed by atoms with Crippen molar-refractivity contribution < 1.29 is 9.90 Å². The largest absolute Gasteiger partial charge is 0.481 e. The lowest BCUT2D eigenvalue weighted by atomic mass is 9.74. The van der Waals surface area contributed by atoms with E-state index in [4.69, 9.17) is 5.41 Å². The highest BCUT2D eigenvalue weighted by Gasteiger charge is 2.40. The van der Waals surface area contributed by atoms with E-state index in [9.17, 15) is 9.90 Å². The standard InChI is InChI=1S/C12H21NO2/c1-9(2)7-12(11(14)15)6-4-3-5-10(13)8-12/h9,13H,3-8H2,1-2H3,(H,14,15). The van der Waals surface area contributed by atoms with Gasteiger partial charge in [-0.2, -0.15) is 0 Å². The Hall–Kier alpha value is -0.860. The van der Waals surface area contributed by atoms with Gasteiger partial charge in [0, 0.05) is 12.1 Å². The van der Waals surface area contributed by atoms with E-state index in [0.29, 0.717) is 24.5 Å². The average molecular weight is 211 g/mol. The van der Waals surface area contributed by atoms with Crippen molar-refractivity contribution in [1.82, 2.24) is 0 Å². The van der Waals surface area contributed by atoms with Crippen LogP contribution in [0.15, 0.2) is 0 Å². The fourth-order valence-electron chi connectivity index (χ4n) is 2.61. The van der Waals surface area contributed by atoms with Crippen LogP contribution in [0.2, 0.25) is 0 Å². The van der Waals surface area contributed by atoms with Gasteiger partial charge in [-0.15, -0.1) is 0 Å². The van der Waals surface area contributed by atoms with Crippen LogP contribution >= 0.6 is 0 Å². The molecule has 1 fully saturated rings. The zero-order valence-corrected chi connectivity index (χ0v) is 9.68. The van der Waals surface area contributed by atoms with Gasteiger partial charge >= 0.3 is 5.97 Å². The topological polar surface area (TPSA) is 61.1 Å². The van der Waals surface area contributed by atoms with E-state index in [1.54, 1.807) is 0 Å². The van der Waals surface area contributed by atoms with Gasteiger partial charge in [-0.3, -0.25) is 4.79 Å². The predicted molar refractivity (Wildman–Crippen MR) is 60.3 cm³/mol. The summed E-state index contributed by atoms with van der Waals surface area (Å²) in [5.41, 5.74) is -0.0302. The molecule has 1 rings (SSSR count). The number of carboxylic acids is 1. The molecule has 1 atom stereocenters. The number of hydrogen-bond acceptors (Lipinski definition) is 2. The van der Waals surface area contributed by atoms with Gasteiger partial charge in [0.15, 0.2) is 0 Å². The van der Waals surface area contributed by atoms with Crippen molar-refractivity contribution in [3.05, 3.63) is 0 Å². The van der Waals surface area contributed by atoms with Crippen LogP contribution in [0.5, 0.6) is 0 Å². The Morgan fingerprint density at radius 1 is 1.53 bits per heavy atom. The van der Waals surface area contributed by atoms with Crippen LogP contribution in [0, 0.1) is 16.7 Å². The molecule has 0 aromatic heterocycles. The maximum Gasteiger partial charge on any atom is 0.310 e. The second kappa shape index (κ2) is 4.77. The monoisotopic (exact) mass is 211 g/mol. The molecule has 2 N–H and O–H groups in total. The first-order valence-corrected chi connectivity index (χ1v) is 5.76. The third-order valence-corrected chi connectivity index (χ3v) is 3.19. The summed E-state index contributed by atoms with van der Waals surface area (Å²) in [5.74, 6) is -0.324. The molecule has 0 radical (unpaired) electrons. The van der Waals surface area contributed by atoms with Crippen molar-refractivity contribution in [2.45, 2.75) is 52.4 Å². The molecule has 0 bridgehead atoms. The molecule has 1 saturated carbocycles. The van der Waals surface area contributed by atoms with E-state index in [1.165, 1.54) is 0 Å². The van der Waals surface area contributed by atoms with E-state index in [1.807, 2.05) is 0 Å². The van der Waals surface area contributed by atoms with Crippen LogP contribution < -0.4 is 0 Å². The van der Waals surface area contributed by atoms with Gasteiger partial charge in [-0.05, 0) is 31.6 Å². The first-order chi connectivity index (χ1) is 6.96.